The molecule has 8 heteroatoms. The lowest BCUT2D eigenvalue weighted by molar-refractivity contribution is -0.142. The molecule has 2 saturated heterocycles. The smallest absolute Gasteiger partial charge is 0.324 e. The number of hydrogen-bond donors (Lipinski definition) is 1. The van der Waals surface area contributed by atoms with Gasteiger partial charge in [0.15, 0.2) is 0 Å². The van der Waals surface area contributed by atoms with Crippen LogP contribution in [0, 0.1) is 11.8 Å². The largest absolute Gasteiger partial charge is 0.497 e. The second-order valence-corrected chi connectivity index (χ2v) is 9.91. The lowest BCUT2D eigenvalue weighted by Crippen LogP contribution is -2.62. The summed E-state index contributed by atoms with van der Waals surface area (Å²) in [6.45, 7) is 3.28. The molecule has 3 unspecified atom stereocenters. The predicted molar refractivity (Wildman–Crippen MR) is 137 cm³/mol. The Balaban J connectivity index is 1.13. The zero-order valence-electron chi connectivity index (χ0n) is 20.8. The molecule has 190 valence electrons. The van der Waals surface area contributed by atoms with Crippen LogP contribution in [0.1, 0.15) is 24.8 Å². The molecule has 1 aliphatic carbocycles. The maximum Gasteiger partial charge on any atom is 0.324 e. The maximum atomic E-state index is 13.3. The van der Waals surface area contributed by atoms with Crippen LogP contribution < -0.4 is 15.0 Å². The molecule has 1 saturated carbocycles. The highest BCUT2D eigenvalue weighted by Crippen LogP contribution is 2.34. The first-order chi connectivity index (χ1) is 17.5. The van der Waals surface area contributed by atoms with Gasteiger partial charge in [0, 0.05) is 50.4 Å². The minimum Gasteiger partial charge on any atom is -0.497 e. The van der Waals surface area contributed by atoms with Gasteiger partial charge in [0.1, 0.15) is 5.75 Å². The summed E-state index contributed by atoms with van der Waals surface area (Å²) in [7, 11) is 1.66. The standard InChI is InChI=1S/C28H34N4O4/c1-36-23-10-8-22(9-11-23)30-15-17-31(18-16-30)26(33)21-7-12-24-25(19-21)29-28(35)32(27(24)34)14-13-20-5-3-2-4-6-20/h2-6,8-11,21,24-25H,7,12-19H2,1H3,(H,29,35). The van der Waals surface area contributed by atoms with Crippen LogP contribution in [-0.4, -0.2) is 73.5 Å². The highest BCUT2D eigenvalue weighted by molar-refractivity contribution is 5.99. The van der Waals surface area contributed by atoms with Crippen molar-refractivity contribution in [2.45, 2.75) is 31.7 Å². The van der Waals surface area contributed by atoms with E-state index in [0.717, 1.165) is 30.1 Å². The first-order valence-electron chi connectivity index (χ1n) is 12.9. The Morgan fingerprint density at radius 3 is 2.39 bits per heavy atom. The number of imide groups is 1. The summed E-state index contributed by atoms with van der Waals surface area (Å²) in [6, 6.07) is 17.3. The molecule has 4 amide bonds. The van der Waals surface area contributed by atoms with E-state index in [2.05, 4.69) is 10.2 Å². The van der Waals surface area contributed by atoms with Crippen molar-refractivity contribution in [2.75, 3.05) is 44.7 Å². The summed E-state index contributed by atoms with van der Waals surface area (Å²) in [5.74, 6) is 0.489. The van der Waals surface area contributed by atoms with Crippen molar-refractivity contribution in [1.29, 1.82) is 0 Å². The second-order valence-electron chi connectivity index (χ2n) is 9.91. The SMILES string of the molecule is COc1ccc(N2CCN(C(=O)C3CCC4C(=O)N(CCc5ccccc5)C(=O)NC4C3)CC2)cc1. The number of carbonyl (C=O) groups is 3. The highest BCUT2D eigenvalue weighted by atomic mass is 16.5. The quantitative estimate of drug-likeness (QED) is 0.673. The molecule has 2 aromatic rings. The van der Waals surface area contributed by atoms with Crippen molar-refractivity contribution in [1.82, 2.24) is 15.1 Å². The molecule has 3 atom stereocenters. The number of methoxy groups -OCH3 is 1. The topological polar surface area (TPSA) is 82.2 Å². The van der Waals surface area contributed by atoms with Gasteiger partial charge in [-0.25, -0.2) is 4.79 Å². The van der Waals surface area contributed by atoms with Crippen molar-refractivity contribution >= 4 is 23.5 Å². The molecule has 0 spiro atoms. The number of piperazine rings is 1. The molecule has 36 heavy (non-hydrogen) atoms. The van der Waals surface area contributed by atoms with Gasteiger partial charge in [0.25, 0.3) is 0 Å². The van der Waals surface area contributed by atoms with E-state index >= 15 is 0 Å². The third kappa shape index (κ3) is 5.03. The van der Waals surface area contributed by atoms with Crippen molar-refractivity contribution < 1.29 is 19.1 Å². The third-order valence-electron chi connectivity index (χ3n) is 7.83. The van der Waals surface area contributed by atoms with E-state index in [4.69, 9.17) is 4.74 Å². The van der Waals surface area contributed by atoms with Gasteiger partial charge in [0.05, 0.1) is 13.0 Å². The molecule has 1 N–H and O–H groups in total. The van der Waals surface area contributed by atoms with Crippen LogP contribution in [0.5, 0.6) is 5.75 Å². The van der Waals surface area contributed by atoms with Crippen LogP contribution in [0.25, 0.3) is 0 Å². The van der Waals surface area contributed by atoms with Gasteiger partial charge in [-0.05, 0) is 55.5 Å². The predicted octanol–water partition coefficient (Wildman–Crippen LogP) is 2.92. The number of ether oxygens (including phenoxy) is 1. The maximum absolute atomic E-state index is 13.3. The van der Waals surface area contributed by atoms with Crippen molar-refractivity contribution in [2.24, 2.45) is 11.8 Å². The summed E-state index contributed by atoms with van der Waals surface area (Å²) in [5, 5.41) is 3.04. The summed E-state index contributed by atoms with van der Waals surface area (Å²) < 4.78 is 5.24. The lowest BCUT2D eigenvalue weighted by atomic mass is 9.76. The number of nitrogens with one attached hydrogen (secondary N) is 1. The summed E-state index contributed by atoms with van der Waals surface area (Å²) >= 11 is 0. The summed E-state index contributed by atoms with van der Waals surface area (Å²) in [4.78, 5) is 44.8. The molecule has 0 bridgehead atoms. The minimum absolute atomic E-state index is 0.0984. The normalized spacial score (nSPS) is 24.2. The molecule has 3 aliphatic rings. The zero-order valence-corrected chi connectivity index (χ0v) is 20.8. The van der Waals surface area contributed by atoms with Crippen LogP contribution >= 0.6 is 0 Å². The minimum atomic E-state index is -0.335. The molecule has 2 aliphatic heterocycles. The molecule has 2 aromatic carbocycles. The summed E-state index contributed by atoms with van der Waals surface area (Å²) in [6.07, 6.45) is 2.49. The summed E-state index contributed by atoms with van der Waals surface area (Å²) in [5.41, 5.74) is 2.23. The van der Waals surface area contributed by atoms with Crippen molar-refractivity contribution in [3.63, 3.8) is 0 Å². The van der Waals surface area contributed by atoms with Crippen molar-refractivity contribution in [3.8, 4) is 5.75 Å². The fourth-order valence-electron chi connectivity index (χ4n) is 5.72. The van der Waals surface area contributed by atoms with Crippen LogP contribution in [0.2, 0.25) is 0 Å². The number of amides is 4. The van der Waals surface area contributed by atoms with Gasteiger partial charge in [-0.3, -0.25) is 14.5 Å². The molecule has 2 heterocycles. The third-order valence-corrected chi connectivity index (χ3v) is 7.83. The number of benzene rings is 2. The Hall–Kier alpha value is -3.55. The van der Waals surface area contributed by atoms with Gasteiger partial charge >= 0.3 is 6.03 Å². The molecule has 0 radical (unpaired) electrons. The average Bonchev–Trinajstić information content (AvgIpc) is 2.93. The van der Waals surface area contributed by atoms with E-state index in [0.29, 0.717) is 45.3 Å². The Morgan fingerprint density at radius 1 is 0.972 bits per heavy atom. The van der Waals surface area contributed by atoms with Crippen molar-refractivity contribution in [3.05, 3.63) is 60.2 Å². The van der Waals surface area contributed by atoms with Gasteiger partial charge < -0.3 is 19.9 Å². The monoisotopic (exact) mass is 490 g/mol. The number of urea groups is 1. The molecule has 0 aromatic heterocycles. The Labute approximate surface area is 212 Å². The number of fused-ring (bicyclic) bond motifs is 1. The number of hydrogen-bond acceptors (Lipinski definition) is 5. The second kappa shape index (κ2) is 10.6. The van der Waals surface area contributed by atoms with Crippen LogP contribution in [0.3, 0.4) is 0 Å². The number of carbonyl (C=O) groups excluding carboxylic acids is 3. The van der Waals surface area contributed by atoms with Gasteiger partial charge in [0.2, 0.25) is 11.8 Å². The molecule has 8 nitrogen and oxygen atoms in total. The van der Waals surface area contributed by atoms with E-state index in [1.54, 1.807) is 7.11 Å². The first kappa shape index (κ1) is 24.2. The Kier molecular flexibility index (Phi) is 7.11. The number of anilines is 1. The molecule has 5 rings (SSSR count). The Bertz CT molecular complexity index is 1080. The molecular weight excluding hydrogens is 456 g/mol. The fraction of sp³-hybridized carbons (Fsp3) is 0.464. The first-order valence-corrected chi connectivity index (χ1v) is 12.9. The van der Waals surface area contributed by atoms with Gasteiger partial charge in [-0.15, -0.1) is 0 Å². The Morgan fingerprint density at radius 2 is 1.69 bits per heavy atom. The van der Waals surface area contributed by atoms with Gasteiger partial charge in [-0.1, -0.05) is 30.3 Å². The van der Waals surface area contributed by atoms with Crippen LogP contribution in [0.15, 0.2) is 54.6 Å². The van der Waals surface area contributed by atoms with Gasteiger partial charge in [-0.2, -0.15) is 0 Å². The van der Waals surface area contributed by atoms with Crippen LogP contribution in [0.4, 0.5) is 10.5 Å². The zero-order chi connectivity index (χ0) is 25.1. The van der Waals surface area contributed by atoms with E-state index in [9.17, 15) is 14.4 Å². The van der Waals surface area contributed by atoms with E-state index < -0.39 is 0 Å². The molecular formula is C28H34N4O4. The molecule has 3 fully saturated rings. The van der Waals surface area contributed by atoms with E-state index in [1.807, 2.05) is 59.5 Å². The van der Waals surface area contributed by atoms with E-state index in [-0.39, 0.29) is 35.7 Å². The number of rotatable bonds is 6. The van der Waals surface area contributed by atoms with E-state index in [1.165, 1.54) is 4.90 Å². The highest BCUT2D eigenvalue weighted by Gasteiger charge is 2.45. The van der Waals surface area contributed by atoms with Crippen LogP contribution in [-0.2, 0) is 16.0 Å². The number of nitrogens with zero attached hydrogens (tertiary/aromatic N) is 3. The average molecular weight is 491 g/mol. The lowest BCUT2D eigenvalue weighted by Gasteiger charge is -2.43. The fourth-order valence-corrected chi connectivity index (χ4v) is 5.72.